The zero-order chi connectivity index (χ0) is 20.6. The summed E-state index contributed by atoms with van der Waals surface area (Å²) in [5.74, 6) is 0.136. The molecule has 0 N–H and O–H groups in total. The maximum atomic E-state index is 13.4. The molecule has 2 aromatic carbocycles. The highest BCUT2D eigenvalue weighted by Crippen LogP contribution is 2.41. The molecule has 1 fully saturated rings. The number of hydrogen-bond acceptors (Lipinski definition) is 5. The van der Waals surface area contributed by atoms with E-state index in [4.69, 9.17) is 4.52 Å². The lowest BCUT2D eigenvalue weighted by atomic mass is 9.91. The summed E-state index contributed by atoms with van der Waals surface area (Å²) in [6.45, 7) is 3.41. The van der Waals surface area contributed by atoms with Gasteiger partial charge in [-0.1, -0.05) is 42.4 Å². The number of carbonyl (C=O) groups is 1. The minimum Gasteiger partial charge on any atom is -0.364 e. The first-order chi connectivity index (χ1) is 13.9. The number of ketones is 1. The van der Waals surface area contributed by atoms with Crippen LogP contribution in [0, 0.1) is 6.92 Å². The van der Waals surface area contributed by atoms with Gasteiger partial charge in [-0.05, 0) is 55.0 Å². The third-order valence-corrected chi connectivity index (χ3v) is 7.41. The highest BCUT2D eigenvalue weighted by Gasteiger charge is 2.33. The van der Waals surface area contributed by atoms with E-state index in [9.17, 15) is 13.2 Å². The minimum absolute atomic E-state index is 0.0173. The Morgan fingerprint density at radius 1 is 1.10 bits per heavy atom. The lowest BCUT2D eigenvalue weighted by molar-refractivity contribution is 0.103. The smallest absolute Gasteiger partial charge is 0.198 e. The molecule has 3 aromatic rings. The number of benzene rings is 2. The van der Waals surface area contributed by atoms with Crippen LogP contribution in [0.15, 0.2) is 58.1 Å². The van der Waals surface area contributed by atoms with Crippen molar-refractivity contribution in [1.29, 1.82) is 0 Å². The molecule has 29 heavy (non-hydrogen) atoms. The first-order valence-corrected chi connectivity index (χ1v) is 11.5. The lowest BCUT2D eigenvalue weighted by Gasteiger charge is -2.16. The molecule has 1 aliphatic rings. The zero-order valence-electron chi connectivity index (χ0n) is 16.5. The minimum atomic E-state index is -3.39. The average Bonchev–Trinajstić information content (AvgIpc) is 3.45. The summed E-state index contributed by atoms with van der Waals surface area (Å²) in [7, 11) is -3.39. The lowest BCUT2D eigenvalue weighted by Crippen LogP contribution is -2.13. The van der Waals surface area contributed by atoms with E-state index in [1.165, 1.54) is 6.26 Å². The fourth-order valence-electron chi connectivity index (χ4n) is 3.68. The fourth-order valence-corrected chi connectivity index (χ4v) is 4.86. The molecule has 0 amide bonds. The van der Waals surface area contributed by atoms with Crippen molar-refractivity contribution in [3.63, 3.8) is 0 Å². The molecule has 0 radical (unpaired) electrons. The quantitative estimate of drug-likeness (QED) is 0.538. The molecule has 1 aromatic heterocycles. The van der Waals surface area contributed by atoms with Crippen molar-refractivity contribution in [3.05, 3.63) is 82.2 Å². The van der Waals surface area contributed by atoms with E-state index in [0.717, 1.165) is 24.0 Å². The van der Waals surface area contributed by atoms with Gasteiger partial charge < -0.3 is 4.52 Å². The predicted molar refractivity (Wildman–Crippen MR) is 110 cm³/mol. The topological polar surface area (TPSA) is 77.2 Å². The van der Waals surface area contributed by atoms with Crippen LogP contribution in [0.1, 0.15) is 64.0 Å². The van der Waals surface area contributed by atoms with Crippen LogP contribution in [-0.2, 0) is 16.3 Å². The van der Waals surface area contributed by atoms with E-state index < -0.39 is 9.84 Å². The Balaban J connectivity index is 1.85. The molecule has 0 bridgehead atoms. The summed E-state index contributed by atoms with van der Waals surface area (Å²) in [5.41, 5.74) is 4.08. The van der Waals surface area contributed by atoms with Crippen LogP contribution < -0.4 is 0 Å². The summed E-state index contributed by atoms with van der Waals surface area (Å²) in [5, 5.41) is 4.04. The number of rotatable bonds is 7. The van der Waals surface area contributed by atoms with Gasteiger partial charge in [0.1, 0.15) is 6.26 Å². The first-order valence-electron chi connectivity index (χ1n) is 9.80. The van der Waals surface area contributed by atoms with Gasteiger partial charge in [-0.3, -0.25) is 4.79 Å². The number of aromatic nitrogens is 1. The molecule has 0 spiro atoms. The maximum absolute atomic E-state index is 13.4. The van der Waals surface area contributed by atoms with Crippen molar-refractivity contribution < 1.29 is 17.7 Å². The summed E-state index contributed by atoms with van der Waals surface area (Å²) in [6, 6.07) is 12.9. The third-order valence-electron chi connectivity index (χ3n) is 5.54. The van der Waals surface area contributed by atoms with E-state index in [0.29, 0.717) is 28.8 Å². The van der Waals surface area contributed by atoms with Gasteiger partial charge in [0.25, 0.3) is 0 Å². The van der Waals surface area contributed by atoms with Gasteiger partial charge in [0.2, 0.25) is 0 Å². The van der Waals surface area contributed by atoms with Crippen LogP contribution in [0.4, 0.5) is 0 Å². The molecule has 150 valence electrons. The number of sulfone groups is 1. The van der Waals surface area contributed by atoms with E-state index >= 15 is 0 Å². The summed E-state index contributed by atoms with van der Waals surface area (Å²) in [6.07, 6.45) is 3.91. The normalized spacial score (nSPS) is 14.1. The van der Waals surface area contributed by atoms with Crippen LogP contribution in [0.2, 0.25) is 0 Å². The molecule has 0 saturated heterocycles. The Hall–Kier alpha value is -2.73. The standard InChI is InChI=1S/C23H23NO4S/c1-3-29(26,27)21-12-11-18(19(15(21)2)13-16-7-5-4-6-8-16)23(25)20-14-28-24-22(20)17-9-10-17/h4-8,11-12,14,17H,3,9-10,13H2,1-2H3. The molecule has 4 rings (SSSR count). The van der Waals surface area contributed by atoms with Crippen LogP contribution in [0.5, 0.6) is 0 Å². The largest absolute Gasteiger partial charge is 0.364 e. The number of carbonyl (C=O) groups excluding carboxylic acids is 1. The Morgan fingerprint density at radius 3 is 2.48 bits per heavy atom. The highest BCUT2D eigenvalue weighted by molar-refractivity contribution is 7.91. The van der Waals surface area contributed by atoms with Crippen LogP contribution >= 0.6 is 0 Å². The van der Waals surface area contributed by atoms with E-state index in [2.05, 4.69) is 5.16 Å². The number of hydrogen-bond donors (Lipinski definition) is 0. The zero-order valence-corrected chi connectivity index (χ0v) is 17.3. The van der Waals surface area contributed by atoms with Crippen molar-refractivity contribution in [3.8, 4) is 0 Å². The van der Waals surface area contributed by atoms with Crippen molar-refractivity contribution in [2.24, 2.45) is 0 Å². The van der Waals surface area contributed by atoms with Crippen LogP contribution in [-0.4, -0.2) is 25.1 Å². The predicted octanol–water partition coefficient (Wildman–Crippen LogP) is 4.48. The molecule has 0 aliphatic heterocycles. The van der Waals surface area contributed by atoms with E-state index in [1.807, 2.05) is 30.3 Å². The second-order valence-corrected chi connectivity index (χ2v) is 9.74. The van der Waals surface area contributed by atoms with Crippen molar-refractivity contribution in [2.45, 2.75) is 43.9 Å². The van der Waals surface area contributed by atoms with Crippen molar-refractivity contribution in [2.75, 3.05) is 5.75 Å². The van der Waals surface area contributed by atoms with Crippen molar-refractivity contribution in [1.82, 2.24) is 5.16 Å². The number of nitrogens with zero attached hydrogens (tertiary/aromatic N) is 1. The third kappa shape index (κ3) is 3.77. The summed E-state index contributed by atoms with van der Waals surface area (Å²) >= 11 is 0. The molecule has 5 nitrogen and oxygen atoms in total. The van der Waals surface area contributed by atoms with Gasteiger partial charge >= 0.3 is 0 Å². The molecule has 1 heterocycles. The molecule has 0 atom stereocenters. The Morgan fingerprint density at radius 2 is 1.83 bits per heavy atom. The highest BCUT2D eigenvalue weighted by atomic mass is 32.2. The van der Waals surface area contributed by atoms with Gasteiger partial charge in [0.15, 0.2) is 15.6 Å². The van der Waals surface area contributed by atoms with Gasteiger partial charge in [0.05, 0.1) is 21.9 Å². The maximum Gasteiger partial charge on any atom is 0.198 e. The fraction of sp³-hybridized carbons (Fsp3) is 0.304. The second kappa shape index (κ2) is 7.59. The van der Waals surface area contributed by atoms with Gasteiger partial charge in [-0.2, -0.15) is 0 Å². The SMILES string of the molecule is CCS(=O)(=O)c1ccc(C(=O)c2conc2C2CC2)c(Cc2ccccc2)c1C. The molecule has 0 unspecified atom stereocenters. The summed E-state index contributed by atoms with van der Waals surface area (Å²) < 4.78 is 30.3. The van der Waals surface area contributed by atoms with Crippen LogP contribution in [0.25, 0.3) is 0 Å². The van der Waals surface area contributed by atoms with Gasteiger partial charge in [-0.15, -0.1) is 0 Å². The molecule has 1 saturated carbocycles. The molecule has 1 aliphatic carbocycles. The van der Waals surface area contributed by atoms with E-state index in [-0.39, 0.29) is 22.3 Å². The second-order valence-electron chi connectivity index (χ2n) is 7.50. The first kappa shape index (κ1) is 19.6. The molecular formula is C23H23NO4S. The summed E-state index contributed by atoms with van der Waals surface area (Å²) in [4.78, 5) is 13.7. The molecular weight excluding hydrogens is 386 g/mol. The molecule has 6 heteroatoms. The van der Waals surface area contributed by atoms with Crippen LogP contribution in [0.3, 0.4) is 0 Å². The Labute approximate surface area is 170 Å². The van der Waals surface area contributed by atoms with E-state index in [1.54, 1.807) is 26.0 Å². The monoisotopic (exact) mass is 409 g/mol. The van der Waals surface area contributed by atoms with Gasteiger partial charge in [-0.25, -0.2) is 8.42 Å². The van der Waals surface area contributed by atoms with Gasteiger partial charge in [0, 0.05) is 11.5 Å². The van der Waals surface area contributed by atoms with Crippen molar-refractivity contribution >= 4 is 15.6 Å². The Bertz CT molecular complexity index is 1160. The Kier molecular flexibility index (Phi) is 5.13. The average molecular weight is 410 g/mol.